The zero-order valence-electron chi connectivity index (χ0n) is 16.6. The molecule has 31 heavy (non-hydrogen) atoms. The highest BCUT2D eigenvalue weighted by molar-refractivity contribution is 6.30. The molecule has 0 spiro atoms. The Labute approximate surface area is 181 Å². The van der Waals surface area contributed by atoms with E-state index in [1.54, 1.807) is 43.3 Å². The van der Waals surface area contributed by atoms with Gasteiger partial charge in [-0.15, -0.1) is 0 Å². The van der Waals surface area contributed by atoms with Crippen LogP contribution < -0.4 is 4.90 Å². The molecule has 4 rings (SSSR count). The monoisotopic (exact) mass is 449 g/mol. The van der Waals surface area contributed by atoms with Crippen molar-refractivity contribution in [3.05, 3.63) is 70.6 Å². The Morgan fingerprint density at radius 1 is 1.03 bits per heavy atom. The van der Waals surface area contributed by atoms with Crippen molar-refractivity contribution in [1.29, 1.82) is 0 Å². The van der Waals surface area contributed by atoms with Crippen LogP contribution in [0.25, 0.3) is 5.69 Å². The first-order valence-corrected chi connectivity index (χ1v) is 10.0. The Hall–Kier alpha value is -3.07. The summed E-state index contributed by atoms with van der Waals surface area (Å²) in [5.74, 6) is 0.0238. The number of pyridine rings is 1. The molecular weight excluding hydrogens is 431 g/mol. The summed E-state index contributed by atoms with van der Waals surface area (Å²) < 4.78 is 42.6. The van der Waals surface area contributed by atoms with Gasteiger partial charge in [0.15, 0.2) is 5.69 Å². The van der Waals surface area contributed by atoms with E-state index in [0.717, 1.165) is 10.9 Å². The van der Waals surface area contributed by atoms with Crippen LogP contribution in [0.5, 0.6) is 0 Å². The first-order chi connectivity index (χ1) is 14.8. The molecule has 0 aliphatic carbocycles. The molecule has 2 aromatic heterocycles. The molecule has 3 aromatic rings. The van der Waals surface area contributed by atoms with Gasteiger partial charge in [-0.25, -0.2) is 9.67 Å². The van der Waals surface area contributed by atoms with Gasteiger partial charge in [0.1, 0.15) is 5.82 Å². The number of benzene rings is 1. The number of alkyl halides is 3. The summed E-state index contributed by atoms with van der Waals surface area (Å²) in [4.78, 5) is 20.6. The van der Waals surface area contributed by atoms with Crippen molar-refractivity contribution < 1.29 is 18.0 Å². The van der Waals surface area contributed by atoms with Crippen molar-refractivity contribution in [2.45, 2.75) is 13.1 Å². The smallest absolute Gasteiger partial charge is 0.353 e. The molecule has 3 heterocycles. The van der Waals surface area contributed by atoms with E-state index in [4.69, 9.17) is 11.6 Å². The van der Waals surface area contributed by atoms with E-state index in [-0.39, 0.29) is 18.8 Å². The van der Waals surface area contributed by atoms with E-state index >= 15 is 0 Å². The van der Waals surface area contributed by atoms with Gasteiger partial charge in [0.2, 0.25) is 0 Å². The van der Waals surface area contributed by atoms with E-state index < -0.39 is 23.3 Å². The van der Waals surface area contributed by atoms with Gasteiger partial charge in [-0.2, -0.15) is 18.3 Å². The first kappa shape index (κ1) is 21.2. The summed E-state index contributed by atoms with van der Waals surface area (Å²) >= 11 is 5.86. The summed E-state index contributed by atoms with van der Waals surface area (Å²) in [7, 11) is 0. The number of hydrogen-bond acceptors (Lipinski definition) is 4. The average Bonchev–Trinajstić information content (AvgIpc) is 3.20. The molecule has 0 N–H and O–H groups in total. The van der Waals surface area contributed by atoms with Crippen molar-refractivity contribution in [2.24, 2.45) is 0 Å². The number of aromatic nitrogens is 3. The number of para-hydroxylation sites is 1. The fourth-order valence-electron chi connectivity index (χ4n) is 3.63. The molecule has 0 radical (unpaired) electrons. The summed E-state index contributed by atoms with van der Waals surface area (Å²) in [6.45, 7) is 3.15. The molecule has 10 heteroatoms. The molecule has 1 aliphatic rings. The third-order valence-corrected chi connectivity index (χ3v) is 5.44. The van der Waals surface area contributed by atoms with Crippen LogP contribution in [0.3, 0.4) is 0 Å². The number of rotatable bonds is 3. The highest BCUT2D eigenvalue weighted by Gasteiger charge is 2.42. The van der Waals surface area contributed by atoms with Gasteiger partial charge in [0.25, 0.3) is 5.91 Å². The Balaban J connectivity index is 1.58. The number of piperazine rings is 1. The predicted molar refractivity (Wildman–Crippen MR) is 111 cm³/mol. The Morgan fingerprint density at radius 3 is 2.35 bits per heavy atom. The number of aryl methyl sites for hydroxylation is 1. The molecule has 1 aromatic carbocycles. The molecule has 0 bridgehead atoms. The van der Waals surface area contributed by atoms with Crippen molar-refractivity contribution in [3.63, 3.8) is 0 Å². The largest absolute Gasteiger partial charge is 0.434 e. The second-order valence-electron chi connectivity index (χ2n) is 7.22. The van der Waals surface area contributed by atoms with Crippen LogP contribution in [0.1, 0.15) is 21.6 Å². The van der Waals surface area contributed by atoms with Crippen molar-refractivity contribution in [1.82, 2.24) is 19.7 Å². The van der Waals surface area contributed by atoms with Crippen LogP contribution in [0.2, 0.25) is 5.02 Å². The van der Waals surface area contributed by atoms with Gasteiger partial charge in [0, 0.05) is 32.4 Å². The molecule has 6 nitrogen and oxygen atoms in total. The minimum atomic E-state index is -4.74. The van der Waals surface area contributed by atoms with Gasteiger partial charge < -0.3 is 9.80 Å². The molecule has 162 valence electrons. The maximum atomic E-state index is 13.9. The highest BCUT2D eigenvalue weighted by Crippen LogP contribution is 2.35. The first-order valence-electron chi connectivity index (χ1n) is 9.62. The number of halogens is 4. The summed E-state index contributed by atoms with van der Waals surface area (Å²) in [5, 5.41) is 4.43. The van der Waals surface area contributed by atoms with E-state index in [2.05, 4.69) is 10.1 Å². The second kappa shape index (κ2) is 8.22. The number of nitrogens with zero attached hydrogens (tertiary/aromatic N) is 5. The third-order valence-electron chi connectivity index (χ3n) is 5.21. The summed E-state index contributed by atoms with van der Waals surface area (Å²) in [6, 6.07) is 10.1. The van der Waals surface area contributed by atoms with Gasteiger partial charge in [-0.3, -0.25) is 4.79 Å². The van der Waals surface area contributed by atoms with Crippen LogP contribution in [0, 0.1) is 6.92 Å². The SMILES string of the molecule is Cc1ccccc1-n1ncc(C(=O)N2CCN(c3ccc(Cl)cn3)CC2)c1C(F)(F)F. The molecular formula is C21H19ClF3N5O. The Morgan fingerprint density at radius 2 is 1.74 bits per heavy atom. The van der Waals surface area contributed by atoms with E-state index in [0.29, 0.717) is 29.5 Å². The standard InChI is InChI=1S/C21H19ClF3N5O/c1-14-4-2-3-5-17(14)30-19(21(23,24)25)16(13-27-30)20(31)29-10-8-28(9-11-29)18-7-6-15(22)12-26-18/h2-7,12-13H,8-11H2,1H3. The van der Waals surface area contributed by atoms with Crippen LogP contribution in [0.15, 0.2) is 48.8 Å². The lowest BCUT2D eigenvalue weighted by Crippen LogP contribution is -2.49. The number of carbonyl (C=O) groups is 1. The van der Waals surface area contributed by atoms with Crippen molar-refractivity contribution >= 4 is 23.3 Å². The lowest BCUT2D eigenvalue weighted by molar-refractivity contribution is -0.143. The number of anilines is 1. The predicted octanol–water partition coefficient (Wildman–Crippen LogP) is 4.21. The molecule has 0 atom stereocenters. The lowest BCUT2D eigenvalue weighted by Gasteiger charge is -2.35. The van der Waals surface area contributed by atoms with Crippen molar-refractivity contribution in [2.75, 3.05) is 31.1 Å². The maximum Gasteiger partial charge on any atom is 0.434 e. The van der Waals surface area contributed by atoms with E-state index in [9.17, 15) is 18.0 Å². The molecule has 1 saturated heterocycles. The fraction of sp³-hybridized carbons (Fsp3) is 0.286. The molecule has 0 saturated carbocycles. The van der Waals surface area contributed by atoms with Gasteiger partial charge in [-0.1, -0.05) is 29.8 Å². The molecule has 1 fully saturated rings. The average molecular weight is 450 g/mol. The Kier molecular flexibility index (Phi) is 5.62. The lowest BCUT2D eigenvalue weighted by atomic mass is 10.1. The summed E-state index contributed by atoms with van der Waals surface area (Å²) in [5.41, 5.74) is -0.603. The molecule has 0 unspecified atom stereocenters. The normalized spacial score (nSPS) is 14.7. The number of hydrogen-bond donors (Lipinski definition) is 0. The minimum absolute atomic E-state index is 0.274. The van der Waals surface area contributed by atoms with Crippen LogP contribution in [0.4, 0.5) is 19.0 Å². The fourth-order valence-corrected chi connectivity index (χ4v) is 3.74. The van der Waals surface area contributed by atoms with E-state index in [1.807, 2.05) is 4.90 Å². The van der Waals surface area contributed by atoms with Crippen LogP contribution in [-0.2, 0) is 6.18 Å². The van der Waals surface area contributed by atoms with E-state index in [1.165, 1.54) is 11.1 Å². The number of amides is 1. The third kappa shape index (κ3) is 4.23. The zero-order valence-corrected chi connectivity index (χ0v) is 17.4. The highest BCUT2D eigenvalue weighted by atomic mass is 35.5. The Bertz CT molecular complexity index is 1090. The van der Waals surface area contributed by atoms with Crippen LogP contribution in [-0.4, -0.2) is 51.8 Å². The quantitative estimate of drug-likeness (QED) is 0.601. The molecule has 1 aliphatic heterocycles. The molecule has 1 amide bonds. The van der Waals surface area contributed by atoms with Gasteiger partial charge in [0.05, 0.1) is 22.5 Å². The maximum absolute atomic E-state index is 13.9. The minimum Gasteiger partial charge on any atom is -0.353 e. The topological polar surface area (TPSA) is 54.3 Å². The van der Waals surface area contributed by atoms with Crippen molar-refractivity contribution in [3.8, 4) is 5.69 Å². The zero-order chi connectivity index (χ0) is 22.2. The number of carbonyl (C=O) groups excluding carboxylic acids is 1. The van der Waals surface area contributed by atoms with Gasteiger partial charge >= 0.3 is 6.18 Å². The van der Waals surface area contributed by atoms with Crippen LogP contribution >= 0.6 is 11.6 Å². The second-order valence-corrected chi connectivity index (χ2v) is 7.65. The summed E-state index contributed by atoms with van der Waals surface area (Å²) in [6.07, 6.45) is -2.20. The van der Waals surface area contributed by atoms with Gasteiger partial charge in [-0.05, 0) is 30.7 Å².